The van der Waals surface area contributed by atoms with Crippen LogP contribution in [0.2, 0.25) is 0 Å². The summed E-state index contributed by atoms with van der Waals surface area (Å²) >= 11 is 7.34. The van der Waals surface area contributed by atoms with Crippen molar-refractivity contribution in [3.63, 3.8) is 0 Å². The molecule has 1 nitrogen and oxygen atoms in total. The van der Waals surface area contributed by atoms with Gasteiger partial charge in [-0.1, -0.05) is 34.1 Å². The third kappa shape index (κ3) is 2.82. The van der Waals surface area contributed by atoms with Crippen molar-refractivity contribution in [2.45, 2.75) is 6.42 Å². The van der Waals surface area contributed by atoms with Crippen LogP contribution < -0.4 is 0 Å². The molecule has 0 amide bonds. The molecule has 0 saturated carbocycles. The molecule has 3 aromatic rings. The molecule has 4 heteroatoms. The first-order valence-electron chi connectivity index (χ1n) is 6.08. The average molecular weight is 457 g/mol. The second kappa shape index (κ2) is 5.95. The zero-order valence-corrected chi connectivity index (χ0v) is 15.0. The minimum atomic E-state index is 0.166. The Hall–Kier alpha value is -0.720. The Balaban J connectivity index is 1.94. The summed E-state index contributed by atoms with van der Waals surface area (Å²) in [6, 6.07) is 14.0. The van der Waals surface area contributed by atoms with Gasteiger partial charge in [-0.05, 0) is 63.2 Å². The highest BCUT2D eigenvalue weighted by atomic mass is 127. The second-order valence-corrected chi connectivity index (χ2v) is 7.47. The molecule has 0 unspecified atom stereocenters. The number of carbonyl (C=O) groups is 1. The van der Waals surface area contributed by atoms with Crippen LogP contribution in [0.5, 0.6) is 0 Å². The first kappa shape index (κ1) is 14.2. The minimum Gasteiger partial charge on any atom is -0.294 e. The predicted octanol–water partition coefficient (Wildman–Crippen LogP) is 5.69. The topological polar surface area (TPSA) is 17.1 Å². The standard InChI is InChI=1S/C16H10BrIOS/c17-11-5-6-14(18)13(8-11)15(19)7-10-9-20-16-4-2-1-3-12(10)16/h1-6,8-9H,7H2. The van der Waals surface area contributed by atoms with Crippen LogP contribution in [0.15, 0.2) is 52.3 Å². The molecular weight excluding hydrogens is 447 g/mol. The molecule has 0 radical (unpaired) electrons. The van der Waals surface area contributed by atoms with Gasteiger partial charge in [0.25, 0.3) is 0 Å². The molecule has 2 aromatic carbocycles. The number of carbonyl (C=O) groups excluding carboxylic acids is 1. The number of Topliss-reactive ketones (excluding diaryl/α,β-unsaturated/α-hetero) is 1. The van der Waals surface area contributed by atoms with E-state index in [4.69, 9.17) is 0 Å². The van der Waals surface area contributed by atoms with Crippen molar-refractivity contribution in [1.82, 2.24) is 0 Å². The molecule has 0 aliphatic rings. The molecule has 0 atom stereocenters. The average Bonchev–Trinajstić information content (AvgIpc) is 2.85. The van der Waals surface area contributed by atoms with Crippen molar-refractivity contribution in [2.75, 3.05) is 0 Å². The molecular formula is C16H10BrIOS. The predicted molar refractivity (Wildman–Crippen MR) is 96.7 cm³/mol. The largest absolute Gasteiger partial charge is 0.294 e. The maximum absolute atomic E-state index is 12.5. The van der Waals surface area contributed by atoms with E-state index in [0.717, 1.165) is 19.2 Å². The van der Waals surface area contributed by atoms with E-state index in [1.165, 1.54) is 10.1 Å². The fourth-order valence-corrected chi connectivity index (χ4v) is 4.11. The van der Waals surface area contributed by atoms with Gasteiger partial charge in [0.1, 0.15) is 0 Å². The van der Waals surface area contributed by atoms with E-state index in [9.17, 15) is 4.79 Å². The first-order valence-corrected chi connectivity index (χ1v) is 8.83. The Morgan fingerprint density at radius 2 is 2.00 bits per heavy atom. The van der Waals surface area contributed by atoms with Crippen molar-refractivity contribution in [2.24, 2.45) is 0 Å². The number of halogens is 2. The first-order chi connectivity index (χ1) is 9.65. The Kier molecular flexibility index (Phi) is 4.23. The van der Waals surface area contributed by atoms with E-state index >= 15 is 0 Å². The molecule has 20 heavy (non-hydrogen) atoms. The van der Waals surface area contributed by atoms with E-state index in [-0.39, 0.29) is 5.78 Å². The van der Waals surface area contributed by atoms with Crippen LogP contribution >= 0.6 is 49.9 Å². The van der Waals surface area contributed by atoms with Crippen molar-refractivity contribution >= 4 is 65.7 Å². The van der Waals surface area contributed by atoms with Gasteiger partial charge in [-0.3, -0.25) is 4.79 Å². The fourth-order valence-electron chi connectivity index (χ4n) is 2.15. The number of ketones is 1. The van der Waals surface area contributed by atoms with Crippen LogP contribution in [-0.2, 0) is 6.42 Å². The molecule has 0 aliphatic heterocycles. The third-order valence-electron chi connectivity index (χ3n) is 3.14. The van der Waals surface area contributed by atoms with Gasteiger partial charge >= 0.3 is 0 Å². The molecule has 0 bridgehead atoms. The lowest BCUT2D eigenvalue weighted by Gasteiger charge is -2.04. The summed E-state index contributed by atoms with van der Waals surface area (Å²) < 4.78 is 3.17. The number of fused-ring (bicyclic) bond motifs is 1. The van der Waals surface area contributed by atoms with Crippen molar-refractivity contribution in [1.29, 1.82) is 0 Å². The molecule has 1 aromatic heterocycles. The summed E-state index contributed by atoms with van der Waals surface area (Å²) in [4.78, 5) is 12.5. The molecule has 100 valence electrons. The van der Waals surface area contributed by atoms with Crippen LogP contribution in [0.4, 0.5) is 0 Å². The molecule has 0 saturated heterocycles. The lowest BCUT2D eigenvalue weighted by Crippen LogP contribution is -2.05. The molecule has 1 heterocycles. The monoisotopic (exact) mass is 456 g/mol. The summed E-state index contributed by atoms with van der Waals surface area (Å²) in [7, 11) is 0. The van der Waals surface area contributed by atoms with Crippen LogP contribution in [-0.4, -0.2) is 5.78 Å². The molecule has 0 spiro atoms. The lowest BCUT2D eigenvalue weighted by molar-refractivity contribution is 0.0992. The number of thiophene rings is 1. The Bertz CT molecular complexity index is 794. The van der Waals surface area contributed by atoms with Crippen LogP contribution in [0.25, 0.3) is 10.1 Å². The Morgan fingerprint density at radius 1 is 1.20 bits per heavy atom. The van der Waals surface area contributed by atoms with Crippen LogP contribution in [0.1, 0.15) is 15.9 Å². The summed E-state index contributed by atoms with van der Waals surface area (Å²) in [6.07, 6.45) is 0.455. The smallest absolute Gasteiger partial charge is 0.168 e. The van der Waals surface area contributed by atoms with Gasteiger partial charge in [-0.15, -0.1) is 11.3 Å². The number of rotatable bonds is 3. The summed E-state index contributed by atoms with van der Waals surface area (Å²) in [5, 5.41) is 3.28. The molecule has 0 fully saturated rings. The van der Waals surface area contributed by atoms with E-state index in [1.54, 1.807) is 11.3 Å². The summed E-state index contributed by atoms with van der Waals surface area (Å²) in [5.74, 6) is 0.166. The van der Waals surface area contributed by atoms with E-state index in [0.29, 0.717) is 6.42 Å². The number of benzene rings is 2. The van der Waals surface area contributed by atoms with E-state index in [2.05, 4.69) is 56.0 Å². The van der Waals surface area contributed by atoms with Crippen molar-refractivity contribution < 1.29 is 4.79 Å². The summed E-state index contributed by atoms with van der Waals surface area (Å²) in [6.45, 7) is 0. The van der Waals surface area contributed by atoms with Gasteiger partial charge in [-0.2, -0.15) is 0 Å². The normalized spacial score (nSPS) is 10.9. The highest BCUT2D eigenvalue weighted by Crippen LogP contribution is 2.27. The van der Waals surface area contributed by atoms with Crippen LogP contribution in [0, 0.1) is 3.57 Å². The van der Waals surface area contributed by atoms with Crippen molar-refractivity contribution in [3.8, 4) is 0 Å². The highest BCUT2D eigenvalue weighted by Gasteiger charge is 2.13. The maximum atomic E-state index is 12.5. The van der Waals surface area contributed by atoms with Gasteiger partial charge in [0.15, 0.2) is 5.78 Å². The van der Waals surface area contributed by atoms with E-state index in [1.807, 2.05) is 30.3 Å². The van der Waals surface area contributed by atoms with Gasteiger partial charge < -0.3 is 0 Å². The SMILES string of the molecule is O=C(Cc1csc2ccccc12)c1cc(Br)ccc1I. The zero-order valence-electron chi connectivity index (χ0n) is 10.4. The van der Waals surface area contributed by atoms with Gasteiger partial charge in [0.05, 0.1) is 0 Å². The quantitative estimate of drug-likeness (QED) is 0.365. The Morgan fingerprint density at radius 3 is 2.85 bits per heavy atom. The van der Waals surface area contributed by atoms with Gasteiger partial charge in [-0.25, -0.2) is 0 Å². The van der Waals surface area contributed by atoms with Gasteiger partial charge in [0.2, 0.25) is 0 Å². The van der Waals surface area contributed by atoms with Crippen molar-refractivity contribution in [3.05, 3.63) is 67.0 Å². The lowest BCUT2D eigenvalue weighted by atomic mass is 10.0. The molecule has 3 rings (SSSR count). The number of hydrogen-bond donors (Lipinski definition) is 0. The Labute approximate surface area is 143 Å². The molecule has 0 aliphatic carbocycles. The third-order valence-corrected chi connectivity index (χ3v) is 5.59. The maximum Gasteiger partial charge on any atom is 0.168 e. The van der Waals surface area contributed by atoms with E-state index < -0.39 is 0 Å². The van der Waals surface area contributed by atoms with Gasteiger partial charge in [0, 0.05) is 24.7 Å². The fraction of sp³-hybridized carbons (Fsp3) is 0.0625. The summed E-state index contributed by atoms with van der Waals surface area (Å²) in [5.41, 5.74) is 1.90. The number of hydrogen-bond acceptors (Lipinski definition) is 2. The second-order valence-electron chi connectivity index (χ2n) is 4.48. The van der Waals surface area contributed by atoms with Crippen LogP contribution in [0.3, 0.4) is 0 Å². The molecule has 0 N–H and O–H groups in total. The minimum absolute atomic E-state index is 0.166. The zero-order chi connectivity index (χ0) is 14.1. The highest BCUT2D eigenvalue weighted by molar-refractivity contribution is 14.1.